The van der Waals surface area contributed by atoms with Crippen LogP contribution < -0.4 is 5.32 Å². The van der Waals surface area contributed by atoms with Gasteiger partial charge in [-0.15, -0.1) is 0 Å². The molecule has 1 aromatic carbocycles. The molecule has 0 amide bonds. The van der Waals surface area contributed by atoms with Crippen molar-refractivity contribution in [2.75, 3.05) is 19.1 Å². The summed E-state index contributed by atoms with van der Waals surface area (Å²) < 4.78 is 0. The zero-order valence-corrected chi connectivity index (χ0v) is 10.7. The SMILES string of the molecule is CCc1ccc(CC(CSC)NC)cc1. The fourth-order valence-corrected chi connectivity index (χ4v) is 2.33. The molecule has 0 saturated carbocycles. The molecule has 0 aliphatic carbocycles. The number of hydrogen-bond donors (Lipinski definition) is 1. The number of aryl methyl sites for hydroxylation is 1. The summed E-state index contributed by atoms with van der Waals surface area (Å²) in [5.41, 5.74) is 2.85. The minimum atomic E-state index is 0.590. The molecule has 84 valence electrons. The maximum absolute atomic E-state index is 3.36. The van der Waals surface area contributed by atoms with E-state index >= 15 is 0 Å². The molecular formula is C13H21NS. The molecule has 0 heterocycles. The second kappa shape index (κ2) is 6.91. The Morgan fingerprint density at radius 1 is 1.20 bits per heavy atom. The van der Waals surface area contributed by atoms with Crippen LogP contribution in [0.15, 0.2) is 24.3 Å². The van der Waals surface area contributed by atoms with Crippen molar-refractivity contribution in [2.45, 2.75) is 25.8 Å². The second-order valence-electron chi connectivity index (χ2n) is 3.82. The third kappa shape index (κ3) is 4.27. The molecule has 0 bridgehead atoms. The zero-order chi connectivity index (χ0) is 11.1. The number of rotatable bonds is 6. The van der Waals surface area contributed by atoms with Gasteiger partial charge in [-0.2, -0.15) is 11.8 Å². The van der Waals surface area contributed by atoms with Crippen molar-refractivity contribution in [3.8, 4) is 0 Å². The lowest BCUT2D eigenvalue weighted by atomic mass is 10.0. The van der Waals surface area contributed by atoms with Crippen LogP contribution >= 0.6 is 11.8 Å². The van der Waals surface area contributed by atoms with Crippen LogP contribution in [0.25, 0.3) is 0 Å². The smallest absolute Gasteiger partial charge is 0.0195 e. The molecule has 0 aromatic heterocycles. The highest BCUT2D eigenvalue weighted by molar-refractivity contribution is 7.98. The molecule has 0 saturated heterocycles. The highest BCUT2D eigenvalue weighted by Gasteiger charge is 2.05. The first-order valence-corrected chi connectivity index (χ1v) is 6.93. The van der Waals surface area contributed by atoms with Gasteiger partial charge in [0.2, 0.25) is 0 Å². The summed E-state index contributed by atoms with van der Waals surface area (Å²) in [6, 6.07) is 9.57. The van der Waals surface area contributed by atoms with Crippen molar-refractivity contribution in [3.63, 3.8) is 0 Å². The Hall–Kier alpha value is -0.470. The molecular weight excluding hydrogens is 202 g/mol. The van der Waals surface area contributed by atoms with E-state index in [1.54, 1.807) is 0 Å². The lowest BCUT2D eigenvalue weighted by molar-refractivity contribution is 0.617. The third-order valence-corrected chi connectivity index (χ3v) is 3.43. The predicted octanol–water partition coefficient (Wildman–Crippen LogP) is 2.74. The van der Waals surface area contributed by atoms with E-state index in [-0.39, 0.29) is 0 Å². The highest BCUT2D eigenvalue weighted by Crippen LogP contribution is 2.09. The van der Waals surface area contributed by atoms with Gasteiger partial charge >= 0.3 is 0 Å². The normalized spacial score (nSPS) is 12.7. The maximum atomic E-state index is 3.36. The van der Waals surface area contributed by atoms with Crippen LogP contribution in [0.1, 0.15) is 18.1 Å². The van der Waals surface area contributed by atoms with Gasteiger partial charge in [-0.05, 0) is 37.3 Å². The van der Waals surface area contributed by atoms with E-state index in [9.17, 15) is 0 Å². The van der Waals surface area contributed by atoms with Crippen LogP contribution in [-0.4, -0.2) is 25.1 Å². The molecule has 1 nitrogen and oxygen atoms in total. The molecule has 0 spiro atoms. The van der Waals surface area contributed by atoms with Crippen LogP contribution in [0.4, 0.5) is 0 Å². The Kier molecular flexibility index (Phi) is 5.81. The van der Waals surface area contributed by atoms with Gasteiger partial charge in [0.1, 0.15) is 0 Å². The van der Waals surface area contributed by atoms with Gasteiger partial charge in [-0.1, -0.05) is 31.2 Å². The maximum Gasteiger partial charge on any atom is 0.0195 e. The standard InChI is InChI=1S/C13H21NS/c1-4-11-5-7-12(8-6-11)9-13(14-2)10-15-3/h5-8,13-14H,4,9-10H2,1-3H3. The van der Waals surface area contributed by atoms with Gasteiger partial charge in [0.05, 0.1) is 0 Å². The minimum Gasteiger partial charge on any atom is -0.316 e. The number of hydrogen-bond acceptors (Lipinski definition) is 2. The Balaban J connectivity index is 2.55. The summed E-state index contributed by atoms with van der Waals surface area (Å²) >= 11 is 1.90. The number of benzene rings is 1. The van der Waals surface area contributed by atoms with E-state index in [4.69, 9.17) is 0 Å². The first-order valence-electron chi connectivity index (χ1n) is 5.54. The van der Waals surface area contributed by atoms with E-state index in [0.717, 1.165) is 12.8 Å². The Bertz CT molecular complexity index is 268. The lowest BCUT2D eigenvalue weighted by Gasteiger charge is -2.14. The molecule has 2 heteroatoms. The fourth-order valence-electron chi connectivity index (χ4n) is 1.64. The van der Waals surface area contributed by atoms with E-state index in [1.165, 1.54) is 16.9 Å². The Morgan fingerprint density at radius 2 is 1.80 bits per heavy atom. The third-order valence-electron chi connectivity index (χ3n) is 2.69. The summed E-state index contributed by atoms with van der Waals surface area (Å²) in [5.74, 6) is 1.17. The number of nitrogens with one attached hydrogen (secondary N) is 1. The first-order chi connectivity index (χ1) is 7.30. The predicted molar refractivity (Wildman–Crippen MR) is 70.8 cm³/mol. The van der Waals surface area contributed by atoms with Crippen molar-refractivity contribution < 1.29 is 0 Å². The van der Waals surface area contributed by atoms with Gasteiger partial charge in [-0.3, -0.25) is 0 Å². The molecule has 15 heavy (non-hydrogen) atoms. The van der Waals surface area contributed by atoms with Gasteiger partial charge < -0.3 is 5.32 Å². The molecule has 0 aliphatic heterocycles. The lowest BCUT2D eigenvalue weighted by Crippen LogP contribution is -2.29. The van der Waals surface area contributed by atoms with Crippen LogP contribution in [0, 0.1) is 0 Å². The van der Waals surface area contributed by atoms with Crippen molar-refractivity contribution >= 4 is 11.8 Å². The summed E-state index contributed by atoms with van der Waals surface area (Å²) in [6.07, 6.45) is 4.41. The quantitative estimate of drug-likeness (QED) is 0.796. The number of thioether (sulfide) groups is 1. The van der Waals surface area contributed by atoms with E-state index < -0.39 is 0 Å². The monoisotopic (exact) mass is 223 g/mol. The summed E-state index contributed by atoms with van der Waals surface area (Å²) in [6.45, 7) is 2.19. The van der Waals surface area contributed by atoms with Crippen molar-refractivity contribution in [2.24, 2.45) is 0 Å². The Labute approximate surface area is 97.7 Å². The summed E-state index contributed by atoms with van der Waals surface area (Å²) in [5, 5.41) is 3.36. The molecule has 0 aliphatic rings. The molecule has 1 N–H and O–H groups in total. The molecule has 0 fully saturated rings. The second-order valence-corrected chi connectivity index (χ2v) is 4.73. The van der Waals surface area contributed by atoms with Crippen LogP contribution in [0.5, 0.6) is 0 Å². The molecule has 0 radical (unpaired) electrons. The topological polar surface area (TPSA) is 12.0 Å². The summed E-state index contributed by atoms with van der Waals surface area (Å²) in [7, 11) is 2.04. The first kappa shape index (κ1) is 12.6. The molecule has 1 rings (SSSR count). The number of likely N-dealkylation sites (N-methyl/N-ethyl adjacent to an activating group) is 1. The van der Waals surface area contributed by atoms with E-state index in [1.807, 2.05) is 18.8 Å². The fraction of sp³-hybridized carbons (Fsp3) is 0.538. The largest absolute Gasteiger partial charge is 0.316 e. The van der Waals surface area contributed by atoms with E-state index in [2.05, 4.69) is 42.8 Å². The van der Waals surface area contributed by atoms with Crippen LogP contribution in [0.2, 0.25) is 0 Å². The van der Waals surface area contributed by atoms with Crippen molar-refractivity contribution in [1.29, 1.82) is 0 Å². The molecule has 1 aromatic rings. The van der Waals surface area contributed by atoms with Gasteiger partial charge in [0.15, 0.2) is 0 Å². The van der Waals surface area contributed by atoms with Crippen molar-refractivity contribution in [3.05, 3.63) is 35.4 Å². The summed E-state index contributed by atoms with van der Waals surface area (Å²) in [4.78, 5) is 0. The van der Waals surface area contributed by atoms with Gasteiger partial charge in [0, 0.05) is 11.8 Å². The average Bonchev–Trinajstić information content (AvgIpc) is 2.29. The van der Waals surface area contributed by atoms with Crippen LogP contribution in [-0.2, 0) is 12.8 Å². The van der Waals surface area contributed by atoms with Gasteiger partial charge in [-0.25, -0.2) is 0 Å². The average molecular weight is 223 g/mol. The van der Waals surface area contributed by atoms with Crippen LogP contribution in [0.3, 0.4) is 0 Å². The van der Waals surface area contributed by atoms with Crippen molar-refractivity contribution in [1.82, 2.24) is 5.32 Å². The zero-order valence-electron chi connectivity index (χ0n) is 9.92. The highest BCUT2D eigenvalue weighted by atomic mass is 32.2. The molecule has 1 atom stereocenters. The van der Waals surface area contributed by atoms with Gasteiger partial charge in [0.25, 0.3) is 0 Å². The van der Waals surface area contributed by atoms with E-state index in [0.29, 0.717) is 6.04 Å². The Morgan fingerprint density at radius 3 is 2.27 bits per heavy atom. The minimum absolute atomic E-state index is 0.590. The molecule has 1 unspecified atom stereocenters.